The van der Waals surface area contributed by atoms with Gasteiger partial charge < -0.3 is 5.73 Å². The minimum atomic E-state index is -0.344. The van der Waals surface area contributed by atoms with Crippen LogP contribution < -0.4 is 5.73 Å². The van der Waals surface area contributed by atoms with E-state index in [1.54, 1.807) is 6.07 Å². The molecule has 0 bridgehead atoms. The van der Waals surface area contributed by atoms with Gasteiger partial charge in [-0.15, -0.1) is 0 Å². The van der Waals surface area contributed by atoms with Gasteiger partial charge >= 0.3 is 0 Å². The Morgan fingerprint density at radius 3 is 2.79 bits per heavy atom. The second kappa shape index (κ2) is 5.15. The molecule has 0 saturated heterocycles. The number of alkyl halides is 1. The zero-order chi connectivity index (χ0) is 10.6. The molecule has 0 aliphatic rings. The minimum Gasteiger partial charge on any atom is -0.366 e. The molecule has 0 heterocycles. The number of hydrogen-bond acceptors (Lipinski definition) is 1. The van der Waals surface area contributed by atoms with E-state index >= 15 is 0 Å². The number of hydrogen-bond donors (Lipinski definition) is 1. The zero-order valence-corrected chi connectivity index (χ0v) is 9.80. The first-order valence-electron chi connectivity index (χ1n) is 4.61. The lowest BCUT2D eigenvalue weighted by molar-refractivity contribution is 0.0999. The first-order valence-corrected chi connectivity index (χ1v) is 5.73. The second-order valence-corrected chi connectivity index (χ2v) is 4.04. The molecule has 0 radical (unpaired) electrons. The van der Waals surface area contributed by atoms with Crippen molar-refractivity contribution in [3.8, 4) is 0 Å². The van der Waals surface area contributed by atoms with Crippen LogP contribution in [0.25, 0.3) is 0 Å². The highest BCUT2D eigenvalue weighted by Gasteiger charge is 2.07. The molecule has 76 valence electrons. The quantitative estimate of drug-likeness (QED) is 0.826. The van der Waals surface area contributed by atoms with Gasteiger partial charge in [-0.25, -0.2) is 0 Å². The van der Waals surface area contributed by atoms with Crippen LogP contribution in [0.3, 0.4) is 0 Å². The predicted molar refractivity (Wildman–Crippen MR) is 61.8 cm³/mol. The summed E-state index contributed by atoms with van der Waals surface area (Å²) in [7, 11) is 0. The van der Waals surface area contributed by atoms with Crippen LogP contribution in [0.2, 0.25) is 0 Å². The standard InChI is InChI=1S/C11H14BrNO/c1-8-9(5-3-7-12)4-2-6-10(8)11(13)14/h2,4,6H,3,5,7H2,1H3,(H2,13,14). The highest BCUT2D eigenvalue weighted by atomic mass is 79.9. The molecular weight excluding hydrogens is 242 g/mol. The lowest BCUT2D eigenvalue weighted by Gasteiger charge is -2.07. The Morgan fingerprint density at radius 1 is 1.50 bits per heavy atom. The van der Waals surface area contributed by atoms with Crippen LogP contribution in [0.15, 0.2) is 18.2 Å². The number of primary amides is 1. The van der Waals surface area contributed by atoms with Gasteiger partial charge in [-0.3, -0.25) is 4.79 Å². The number of carbonyl (C=O) groups excluding carboxylic acids is 1. The molecule has 2 nitrogen and oxygen atoms in total. The van der Waals surface area contributed by atoms with Crippen molar-refractivity contribution in [2.24, 2.45) is 5.73 Å². The lowest BCUT2D eigenvalue weighted by atomic mass is 9.99. The van der Waals surface area contributed by atoms with Crippen molar-refractivity contribution in [1.29, 1.82) is 0 Å². The van der Waals surface area contributed by atoms with E-state index < -0.39 is 0 Å². The van der Waals surface area contributed by atoms with Crippen molar-refractivity contribution in [2.75, 3.05) is 5.33 Å². The molecule has 0 aliphatic carbocycles. The summed E-state index contributed by atoms with van der Waals surface area (Å²) < 4.78 is 0. The van der Waals surface area contributed by atoms with Crippen LogP contribution in [0, 0.1) is 6.92 Å². The van der Waals surface area contributed by atoms with Gasteiger partial charge in [0.05, 0.1) is 0 Å². The maximum Gasteiger partial charge on any atom is 0.248 e. The lowest BCUT2D eigenvalue weighted by Crippen LogP contribution is -2.13. The van der Waals surface area contributed by atoms with Crippen molar-refractivity contribution < 1.29 is 4.79 Å². The van der Waals surface area contributed by atoms with E-state index in [1.807, 2.05) is 19.1 Å². The normalized spacial score (nSPS) is 10.1. The first kappa shape index (κ1) is 11.2. The van der Waals surface area contributed by atoms with Crippen LogP contribution in [0.4, 0.5) is 0 Å². The molecule has 1 rings (SSSR count). The van der Waals surface area contributed by atoms with Gasteiger partial charge in [0, 0.05) is 10.9 Å². The molecule has 0 aliphatic heterocycles. The molecule has 14 heavy (non-hydrogen) atoms. The number of rotatable bonds is 4. The third-order valence-corrected chi connectivity index (χ3v) is 2.85. The van der Waals surface area contributed by atoms with Crippen LogP contribution in [-0.2, 0) is 6.42 Å². The number of halogens is 1. The average Bonchev–Trinajstić information content (AvgIpc) is 2.16. The fourth-order valence-corrected chi connectivity index (χ4v) is 1.76. The van der Waals surface area contributed by atoms with Crippen molar-refractivity contribution in [3.63, 3.8) is 0 Å². The Hall–Kier alpha value is -0.830. The summed E-state index contributed by atoms with van der Waals surface area (Å²) in [5, 5.41) is 0.979. The molecule has 0 fully saturated rings. The van der Waals surface area contributed by atoms with Crippen molar-refractivity contribution in [1.82, 2.24) is 0 Å². The number of amides is 1. The van der Waals surface area contributed by atoms with Crippen molar-refractivity contribution in [3.05, 3.63) is 34.9 Å². The maximum absolute atomic E-state index is 11.1. The molecule has 0 saturated carbocycles. The van der Waals surface area contributed by atoms with Crippen LogP contribution in [-0.4, -0.2) is 11.2 Å². The Morgan fingerprint density at radius 2 is 2.21 bits per heavy atom. The summed E-state index contributed by atoms with van der Waals surface area (Å²) in [5.41, 5.74) is 8.12. The van der Waals surface area contributed by atoms with E-state index in [2.05, 4.69) is 15.9 Å². The van der Waals surface area contributed by atoms with Crippen molar-refractivity contribution in [2.45, 2.75) is 19.8 Å². The Labute approximate surface area is 92.6 Å². The molecule has 0 spiro atoms. The Kier molecular flexibility index (Phi) is 4.14. The van der Waals surface area contributed by atoms with E-state index in [0.29, 0.717) is 5.56 Å². The monoisotopic (exact) mass is 255 g/mol. The van der Waals surface area contributed by atoms with Gasteiger partial charge in [0.15, 0.2) is 0 Å². The number of aryl methyl sites for hydroxylation is 1. The van der Waals surface area contributed by atoms with Gasteiger partial charge in [-0.1, -0.05) is 28.1 Å². The molecule has 2 N–H and O–H groups in total. The molecule has 0 unspecified atom stereocenters. The third kappa shape index (κ3) is 2.58. The molecule has 3 heteroatoms. The van der Waals surface area contributed by atoms with Gasteiger partial charge in [-0.2, -0.15) is 0 Å². The Balaban J connectivity index is 2.95. The summed E-state index contributed by atoms with van der Waals surface area (Å²) in [4.78, 5) is 11.1. The van der Waals surface area contributed by atoms with E-state index in [1.165, 1.54) is 5.56 Å². The third-order valence-electron chi connectivity index (χ3n) is 2.29. The number of benzene rings is 1. The van der Waals surface area contributed by atoms with E-state index in [4.69, 9.17) is 5.73 Å². The smallest absolute Gasteiger partial charge is 0.248 e. The van der Waals surface area contributed by atoms with Gasteiger partial charge in [0.25, 0.3) is 0 Å². The summed E-state index contributed by atoms with van der Waals surface area (Å²) in [6, 6.07) is 5.70. The number of nitrogens with two attached hydrogens (primary N) is 1. The first-order chi connectivity index (χ1) is 6.66. The van der Waals surface area contributed by atoms with Crippen LogP contribution >= 0.6 is 15.9 Å². The minimum absolute atomic E-state index is 0.344. The van der Waals surface area contributed by atoms with Crippen LogP contribution in [0.1, 0.15) is 27.9 Å². The van der Waals surface area contributed by atoms with Crippen molar-refractivity contribution >= 4 is 21.8 Å². The van der Waals surface area contributed by atoms with Gasteiger partial charge in [-0.05, 0) is 37.0 Å². The zero-order valence-electron chi connectivity index (χ0n) is 8.22. The SMILES string of the molecule is Cc1c(CCCBr)cccc1C(N)=O. The highest BCUT2D eigenvalue weighted by molar-refractivity contribution is 9.09. The summed E-state index contributed by atoms with van der Waals surface area (Å²) in [5.74, 6) is -0.344. The largest absolute Gasteiger partial charge is 0.366 e. The topological polar surface area (TPSA) is 43.1 Å². The summed E-state index contributed by atoms with van der Waals surface area (Å²) >= 11 is 3.39. The Bertz CT molecular complexity index is 336. The fraction of sp³-hybridized carbons (Fsp3) is 0.364. The van der Waals surface area contributed by atoms with Gasteiger partial charge in [0.1, 0.15) is 0 Å². The average molecular weight is 256 g/mol. The molecule has 1 amide bonds. The van der Waals surface area contributed by atoms with E-state index in [9.17, 15) is 4.79 Å². The van der Waals surface area contributed by atoms with Crippen LogP contribution in [0.5, 0.6) is 0 Å². The molecule has 0 atom stereocenters. The van der Waals surface area contributed by atoms with E-state index in [-0.39, 0.29) is 5.91 Å². The molecular formula is C11H14BrNO. The fourth-order valence-electron chi connectivity index (χ4n) is 1.48. The van der Waals surface area contributed by atoms with Gasteiger partial charge in [0.2, 0.25) is 5.91 Å². The van der Waals surface area contributed by atoms with E-state index in [0.717, 1.165) is 23.7 Å². The summed E-state index contributed by atoms with van der Waals surface area (Å²) in [6.07, 6.45) is 2.06. The highest BCUT2D eigenvalue weighted by Crippen LogP contribution is 2.15. The molecule has 1 aromatic carbocycles. The number of carbonyl (C=O) groups is 1. The molecule has 0 aromatic heterocycles. The maximum atomic E-state index is 11.1. The second-order valence-electron chi connectivity index (χ2n) is 3.25. The summed E-state index contributed by atoms with van der Waals surface area (Å²) in [6.45, 7) is 1.95. The molecule has 1 aromatic rings. The predicted octanol–water partition coefficient (Wildman–Crippen LogP) is 2.42.